The topological polar surface area (TPSA) is 78.6 Å². The maximum atomic E-state index is 13.1. The van der Waals surface area contributed by atoms with Crippen molar-refractivity contribution in [3.8, 4) is 5.75 Å². The lowest BCUT2D eigenvalue weighted by molar-refractivity contribution is 0.346. The smallest absolute Gasteiger partial charge is 0.265 e. The third-order valence-electron chi connectivity index (χ3n) is 4.54. The van der Waals surface area contributed by atoms with E-state index in [2.05, 4.69) is 41.6 Å². The Bertz CT molecular complexity index is 979. The SMILES string of the molecule is CSNc1ccc2c(c1)PNC(c1c(O)c(C)cn(CCC(C)(C)C)c1=O)=N2. The third-order valence-corrected chi connectivity index (χ3v) is 6.01. The van der Waals surface area contributed by atoms with Gasteiger partial charge in [0.2, 0.25) is 0 Å². The number of aliphatic imine (C=N–C) groups is 1. The van der Waals surface area contributed by atoms with Gasteiger partial charge in [0.25, 0.3) is 5.56 Å². The molecule has 0 fully saturated rings. The Morgan fingerprint density at radius 1 is 1.36 bits per heavy atom. The molecule has 0 saturated carbocycles. The number of anilines is 1. The number of pyridine rings is 1. The minimum absolute atomic E-state index is 0.00261. The molecule has 1 aliphatic heterocycles. The van der Waals surface area contributed by atoms with Crippen LogP contribution in [0.2, 0.25) is 0 Å². The first-order valence-electron chi connectivity index (χ1n) is 9.17. The van der Waals surface area contributed by atoms with E-state index in [1.807, 2.05) is 25.3 Å². The molecule has 8 heteroatoms. The second-order valence-corrected chi connectivity index (χ2v) is 9.74. The van der Waals surface area contributed by atoms with Crippen molar-refractivity contribution in [1.82, 2.24) is 9.65 Å². The zero-order valence-electron chi connectivity index (χ0n) is 16.9. The monoisotopic (exact) mass is 418 g/mol. The lowest BCUT2D eigenvalue weighted by Crippen LogP contribution is -2.33. The van der Waals surface area contributed by atoms with Crippen LogP contribution in [0.4, 0.5) is 11.4 Å². The van der Waals surface area contributed by atoms with Gasteiger partial charge in [0.05, 0.1) is 5.69 Å². The summed E-state index contributed by atoms with van der Waals surface area (Å²) in [6, 6.07) is 5.95. The number of aromatic hydroxyl groups is 1. The van der Waals surface area contributed by atoms with Gasteiger partial charge in [0.15, 0.2) is 0 Å². The molecule has 0 bridgehead atoms. The molecular weight excluding hydrogens is 391 g/mol. The van der Waals surface area contributed by atoms with Crippen LogP contribution < -0.4 is 20.7 Å². The molecule has 2 aromatic rings. The fourth-order valence-electron chi connectivity index (χ4n) is 2.94. The summed E-state index contributed by atoms with van der Waals surface area (Å²) in [5, 5.41) is 14.9. The Morgan fingerprint density at radius 3 is 2.79 bits per heavy atom. The number of aromatic nitrogens is 1. The van der Waals surface area contributed by atoms with Gasteiger partial charge in [-0.25, -0.2) is 4.99 Å². The van der Waals surface area contributed by atoms with Gasteiger partial charge in [-0.05, 0) is 37.0 Å². The number of amidine groups is 1. The summed E-state index contributed by atoms with van der Waals surface area (Å²) in [4.78, 5) is 17.7. The average molecular weight is 419 g/mol. The van der Waals surface area contributed by atoms with E-state index in [0.29, 0.717) is 17.9 Å². The molecule has 3 rings (SSSR count). The van der Waals surface area contributed by atoms with E-state index in [1.54, 1.807) is 10.8 Å². The zero-order chi connectivity index (χ0) is 20.5. The van der Waals surface area contributed by atoms with Crippen molar-refractivity contribution in [3.05, 3.63) is 45.9 Å². The number of rotatable bonds is 5. The van der Waals surface area contributed by atoms with Crippen LogP contribution in [0, 0.1) is 12.3 Å². The fraction of sp³-hybridized carbons (Fsp3) is 0.400. The van der Waals surface area contributed by atoms with Gasteiger partial charge in [-0.15, -0.1) is 0 Å². The molecule has 28 heavy (non-hydrogen) atoms. The second kappa shape index (κ2) is 8.18. The van der Waals surface area contributed by atoms with Crippen molar-refractivity contribution in [2.24, 2.45) is 10.4 Å². The Kier molecular flexibility index (Phi) is 6.06. The van der Waals surface area contributed by atoms with E-state index in [-0.39, 0.29) is 31.0 Å². The summed E-state index contributed by atoms with van der Waals surface area (Å²) in [7, 11) is 0.268. The molecule has 6 nitrogen and oxygen atoms in total. The molecular formula is C20H27N4O2PS. The first-order valence-corrected chi connectivity index (χ1v) is 11.4. The normalized spacial score (nSPS) is 14.4. The van der Waals surface area contributed by atoms with Crippen LogP contribution in [0.15, 0.2) is 34.2 Å². The van der Waals surface area contributed by atoms with E-state index < -0.39 is 0 Å². The lowest BCUT2D eigenvalue weighted by atomic mass is 9.92. The third kappa shape index (κ3) is 4.53. The molecule has 0 saturated heterocycles. The average Bonchev–Trinajstić information content (AvgIpc) is 2.63. The molecule has 150 valence electrons. The van der Waals surface area contributed by atoms with Crippen LogP contribution in [0.3, 0.4) is 0 Å². The standard InChI is InChI=1S/C20H27N4O2PS/c1-12-11-24(9-8-20(2,3)4)19(26)16(17(12)25)18-21-14-7-6-13(23-28-5)10-15(14)27-22-18/h6-7,10-11,23,25,27H,8-9H2,1-5H3,(H,21,22). The molecule has 0 amide bonds. The number of hydrogen-bond acceptors (Lipinski definition) is 6. The van der Waals surface area contributed by atoms with Gasteiger partial charge in [-0.1, -0.05) is 32.7 Å². The van der Waals surface area contributed by atoms with Gasteiger partial charge in [0.1, 0.15) is 17.1 Å². The molecule has 1 aromatic heterocycles. The number of hydrogen-bond donors (Lipinski definition) is 3. The van der Waals surface area contributed by atoms with Crippen LogP contribution in [-0.2, 0) is 6.54 Å². The molecule has 2 heterocycles. The Balaban J connectivity index is 2.01. The first kappa shape index (κ1) is 20.7. The first-order chi connectivity index (χ1) is 13.2. The molecule has 0 radical (unpaired) electrons. The van der Waals surface area contributed by atoms with E-state index in [1.165, 1.54) is 11.9 Å². The van der Waals surface area contributed by atoms with Gasteiger partial charge in [-0.2, -0.15) is 0 Å². The molecule has 1 atom stereocenters. The van der Waals surface area contributed by atoms with Crippen molar-refractivity contribution in [2.45, 2.75) is 40.7 Å². The number of nitrogens with one attached hydrogen (secondary N) is 2. The summed E-state index contributed by atoms with van der Waals surface area (Å²) < 4.78 is 4.90. The van der Waals surface area contributed by atoms with Crippen molar-refractivity contribution in [1.29, 1.82) is 0 Å². The summed E-state index contributed by atoms with van der Waals surface area (Å²) in [5.41, 5.74) is 2.66. The maximum absolute atomic E-state index is 13.1. The van der Waals surface area contributed by atoms with Gasteiger partial charge < -0.3 is 19.5 Å². The Morgan fingerprint density at radius 2 is 2.11 bits per heavy atom. The fourth-order valence-corrected chi connectivity index (χ4v) is 4.23. The highest BCUT2D eigenvalue weighted by molar-refractivity contribution is 7.99. The van der Waals surface area contributed by atoms with Crippen molar-refractivity contribution in [2.75, 3.05) is 11.0 Å². The molecule has 1 aliphatic rings. The molecule has 0 spiro atoms. The number of fused-ring (bicyclic) bond motifs is 1. The maximum Gasteiger partial charge on any atom is 0.265 e. The Labute approximate surface area is 171 Å². The van der Waals surface area contributed by atoms with Crippen LogP contribution >= 0.6 is 20.7 Å². The van der Waals surface area contributed by atoms with E-state index >= 15 is 0 Å². The number of benzene rings is 1. The number of aryl methyl sites for hydroxylation is 2. The van der Waals surface area contributed by atoms with Crippen molar-refractivity contribution in [3.63, 3.8) is 0 Å². The minimum atomic E-state index is -0.215. The van der Waals surface area contributed by atoms with Gasteiger partial charge in [0, 0.05) is 44.3 Å². The molecule has 3 N–H and O–H groups in total. The molecule has 1 unspecified atom stereocenters. The highest BCUT2D eigenvalue weighted by Gasteiger charge is 2.22. The van der Waals surface area contributed by atoms with Crippen LogP contribution in [0.1, 0.15) is 38.3 Å². The van der Waals surface area contributed by atoms with Gasteiger partial charge >= 0.3 is 0 Å². The second-order valence-electron chi connectivity index (χ2n) is 8.09. The van der Waals surface area contributed by atoms with E-state index in [4.69, 9.17) is 0 Å². The minimum Gasteiger partial charge on any atom is -0.507 e. The molecule has 1 aromatic carbocycles. The highest BCUT2D eigenvalue weighted by atomic mass is 32.2. The van der Waals surface area contributed by atoms with Gasteiger partial charge in [-0.3, -0.25) is 4.79 Å². The summed E-state index contributed by atoms with van der Waals surface area (Å²) in [6.45, 7) is 8.86. The quantitative estimate of drug-likeness (QED) is 0.507. The van der Waals surface area contributed by atoms with Crippen LogP contribution in [-0.4, -0.2) is 21.8 Å². The summed E-state index contributed by atoms with van der Waals surface area (Å²) >= 11 is 1.54. The predicted octanol–water partition coefficient (Wildman–Crippen LogP) is 3.89. The van der Waals surface area contributed by atoms with E-state index in [0.717, 1.165) is 23.1 Å². The van der Waals surface area contributed by atoms with Crippen LogP contribution in [0.5, 0.6) is 5.75 Å². The zero-order valence-corrected chi connectivity index (χ0v) is 18.7. The number of nitrogens with zero attached hydrogens (tertiary/aromatic N) is 2. The summed E-state index contributed by atoms with van der Waals surface area (Å²) in [6.07, 6.45) is 4.57. The van der Waals surface area contributed by atoms with E-state index in [9.17, 15) is 9.90 Å². The predicted molar refractivity (Wildman–Crippen MR) is 122 cm³/mol. The van der Waals surface area contributed by atoms with Crippen molar-refractivity contribution >= 4 is 43.2 Å². The largest absolute Gasteiger partial charge is 0.507 e. The lowest BCUT2D eigenvalue weighted by Gasteiger charge is -2.22. The van der Waals surface area contributed by atoms with Crippen LogP contribution in [0.25, 0.3) is 0 Å². The molecule has 0 aliphatic carbocycles. The Hall–Kier alpha value is -1.98. The highest BCUT2D eigenvalue weighted by Crippen LogP contribution is 2.29. The summed E-state index contributed by atoms with van der Waals surface area (Å²) in [5.74, 6) is 0.435. The van der Waals surface area contributed by atoms with Crippen molar-refractivity contribution < 1.29 is 5.11 Å².